The van der Waals surface area contributed by atoms with E-state index in [9.17, 15) is 13.2 Å². The summed E-state index contributed by atoms with van der Waals surface area (Å²) < 4.78 is 26.4. The van der Waals surface area contributed by atoms with E-state index < -0.39 is 10.0 Å². The fourth-order valence-electron chi connectivity index (χ4n) is 1.73. The number of rotatable bonds is 5. The average molecular weight is 301 g/mol. The van der Waals surface area contributed by atoms with Gasteiger partial charge in [-0.2, -0.15) is 0 Å². The van der Waals surface area contributed by atoms with E-state index in [4.69, 9.17) is 0 Å². The Hall–Kier alpha value is -2.40. The Labute approximate surface area is 124 Å². The SMILES string of the molecule is CC(=O)c1cccc(NS(=O)(=O)/C=C/c2ccccc2)c1. The molecule has 2 aromatic rings. The van der Waals surface area contributed by atoms with E-state index in [1.807, 2.05) is 30.3 Å². The molecule has 0 aromatic heterocycles. The van der Waals surface area contributed by atoms with Gasteiger partial charge in [0.15, 0.2) is 5.78 Å². The van der Waals surface area contributed by atoms with E-state index in [2.05, 4.69) is 4.72 Å². The van der Waals surface area contributed by atoms with Crippen LogP contribution in [0.15, 0.2) is 60.0 Å². The zero-order valence-corrected chi connectivity index (χ0v) is 12.3. The third-order valence-corrected chi connectivity index (χ3v) is 3.78. The van der Waals surface area contributed by atoms with E-state index in [0.29, 0.717) is 11.3 Å². The van der Waals surface area contributed by atoms with E-state index >= 15 is 0 Å². The van der Waals surface area contributed by atoms with Crippen LogP contribution in [0.4, 0.5) is 5.69 Å². The molecule has 0 aliphatic rings. The number of anilines is 1. The van der Waals surface area contributed by atoms with Crippen molar-refractivity contribution in [2.75, 3.05) is 4.72 Å². The van der Waals surface area contributed by atoms with Crippen molar-refractivity contribution in [3.63, 3.8) is 0 Å². The average Bonchev–Trinajstić information content (AvgIpc) is 2.46. The first-order chi connectivity index (χ1) is 9.96. The largest absolute Gasteiger partial charge is 0.295 e. The molecule has 0 aliphatic carbocycles. The number of nitrogens with one attached hydrogen (secondary N) is 1. The van der Waals surface area contributed by atoms with E-state index in [-0.39, 0.29) is 5.78 Å². The fourth-order valence-corrected chi connectivity index (χ4v) is 2.59. The van der Waals surface area contributed by atoms with Gasteiger partial charge in [0.05, 0.1) is 5.41 Å². The van der Waals surface area contributed by atoms with Gasteiger partial charge in [0.2, 0.25) is 0 Å². The number of carbonyl (C=O) groups is 1. The van der Waals surface area contributed by atoms with Crippen LogP contribution in [0.25, 0.3) is 6.08 Å². The molecule has 0 radical (unpaired) electrons. The van der Waals surface area contributed by atoms with E-state index in [1.54, 1.807) is 18.2 Å². The third-order valence-electron chi connectivity index (χ3n) is 2.77. The summed E-state index contributed by atoms with van der Waals surface area (Å²) in [6, 6.07) is 15.5. The fraction of sp³-hybridized carbons (Fsp3) is 0.0625. The van der Waals surface area contributed by atoms with Gasteiger partial charge >= 0.3 is 0 Å². The monoisotopic (exact) mass is 301 g/mol. The van der Waals surface area contributed by atoms with Crippen molar-refractivity contribution in [1.29, 1.82) is 0 Å². The van der Waals surface area contributed by atoms with Gasteiger partial charge in [-0.25, -0.2) is 8.42 Å². The van der Waals surface area contributed by atoms with Crippen LogP contribution in [-0.2, 0) is 10.0 Å². The highest BCUT2D eigenvalue weighted by molar-refractivity contribution is 7.95. The Bertz CT molecular complexity index is 765. The van der Waals surface area contributed by atoms with Crippen LogP contribution in [0.3, 0.4) is 0 Å². The lowest BCUT2D eigenvalue weighted by Gasteiger charge is -2.05. The number of benzene rings is 2. The first kappa shape index (κ1) is 15.0. The minimum Gasteiger partial charge on any atom is -0.295 e. The van der Waals surface area contributed by atoms with Gasteiger partial charge in [-0.15, -0.1) is 0 Å². The van der Waals surface area contributed by atoms with Crippen molar-refractivity contribution >= 4 is 27.6 Å². The lowest BCUT2D eigenvalue weighted by atomic mass is 10.1. The number of sulfonamides is 1. The highest BCUT2D eigenvalue weighted by Crippen LogP contribution is 2.14. The molecule has 1 N–H and O–H groups in total. The van der Waals surface area contributed by atoms with Crippen molar-refractivity contribution in [2.45, 2.75) is 6.92 Å². The van der Waals surface area contributed by atoms with Gasteiger partial charge in [0.25, 0.3) is 10.0 Å². The van der Waals surface area contributed by atoms with Gasteiger partial charge in [0.1, 0.15) is 0 Å². The van der Waals surface area contributed by atoms with Crippen molar-refractivity contribution in [2.24, 2.45) is 0 Å². The molecule has 0 saturated heterocycles. The maximum atomic E-state index is 12.0. The molecule has 0 unspecified atom stereocenters. The van der Waals surface area contributed by atoms with Crippen LogP contribution in [0, 0.1) is 0 Å². The Kier molecular flexibility index (Phi) is 4.55. The molecule has 0 bridgehead atoms. The standard InChI is InChI=1S/C16H15NO3S/c1-13(18)15-8-5-9-16(12-15)17-21(19,20)11-10-14-6-3-2-4-7-14/h2-12,17H,1H3/b11-10+. The minimum absolute atomic E-state index is 0.115. The van der Waals surface area contributed by atoms with E-state index in [1.165, 1.54) is 19.1 Å². The summed E-state index contributed by atoms with van der Waals surface area (Å²) in [4.78, 5) is 11.3. The van der Waals surface area contributed by atoms with Crippen molar-refractivity contribution in [3.8, 4) is 0 Å². The summed E-state index contributed by atoms with van der Waals surface area (Å²) in [5, 5.41) is 1.10. The molecule has 21 heavy (non-hydrogen) atoms. The lowest BCUT2D eigenvalue weighted by molar-refractivity contribution is 0.101. The molecule has 0 heterocycles. The molecular weight excluding hydrogens is 286 g/mol. The summed E-state index contributed by atoms with van der Waals surface area (Å²) in [6.45, 7) is 1.43. The molecule has 0 aliphatic heterocycles. The van der Waals surface area contributed by atoms with Crippen molar-refractivity contribution < 1.29 is 13.2 Å². The Morgan fingerprint density at radius 2 is 1.76 bits per heavy atom. The molecule has 0 atom stereocenters. The Morgan fingerprint density at radius 1 is 1.05 bits per heavy atom. The quantitative estimate of drug-likeness (QED) is 0.862. The van der Waals surface area contributed by atoms with Gasteiger partial charge in [-0.05, 0) is 30.7 Å². The third kappa shape index (κ3) is 4.57. The minimum atomic E-state index is -3.62. The first-order valence-electron chi connectivity index (χ1n) is 6.33. The summed E-state index contributed by atoms with van der Waals surface area (Å²) in [5.74, 6) is -0.115. The van der Waals surface area contributed by atoms with Gasteiger partial charge < -0.3 is 0 Å². The molecule has 108 valence electrons. The number of carbonyl (C=O) groups excluding carboxylic acids is 1. The summed E-state index contributed by atoms with van der Waals surface area (Å²) >= 11 is 0. The summed E-state index contributed by atoms with van der Waals surface area (Å²) in [5.41, 5.74) is 1.61. The first-order valence-corrected chi connectivity index (χ1v) is 7.88. The zero-order chi connectivity index (χ0) is 15.3. The maximum absolute atomic E-state index is 12.0. The topological polar surface area (TPSA) is 63.2 Å². The smallest absolute Gasteiger partial charge is 0.255 e. The molecule has 5 heteroatoms. The number of hydrogen-bond acceptors (Lipinski definition) is 3. The summed E-state index contributed by atoms with van der Waals surface area (Å²) in [7, 11) is -3.62. The lowest BCUT2D eigenvalue weighted by Crippen LogP contribution is -2.09. The molecule has 2 aromatic carbocycles. The Morgan fingerprint density at radius 3 is 2.43 bits per heavy atom. The second kappa shape index (κ2) is 6.37. The van der Waals surface area contributed by atoms with Gasteiger partial charge in [0, 0.05) is 11.3 Å². The van der Waals surface area contributed by atoms with Crippen LogP contribution in [0.1, 0.15) is 22.8 Å². The normalized spacial score (nSPS) is 11.5. The number of hydrogen-bond donors (Lipinski definition) is 1. The molecular formula is C16H15NO3S. The number of Topliss-reactive ketones (excluding diaryl/α,β-unsaturated/α-hetero) is 1. The summed E-state index contributed by atoms with van der Waals surface area (Å²) in [6.07, 6.45) is 1.51. The highest BCUT2D eigenvalue weighted by atomic mass is 32.2. The predicted molar refractivity (Wildman–Crippen MR) is 84.5 cm³/mol. The highest BCUT2D eigenvalue weighted by Gasteiger charge is 2.07. The van der Waals surface area contributed by atoms with Crippen LogP contribution in [-0.4, -0.2) is 14.2 Å². The molecule has 0 amide bonds. The number of ketones is 1. The van der Waals surface area contributed by atoms with E-state index in [0.717, 1.165) is 11.0 Å². The molecule has 0 spiro atoms. The molecule has 2 rings (SSSR count). The predicted octanol–water partition coefficient (Wildman–Crippen LogP) is 3.30. The Balaban J connectivity index is 2.16. The maximum Gasteiger partial charge on any atom is 0.255 e. The van der Waals surface area contributed by atoms with Gasteiger partial charge in [-0.3, -0.25) is 9.52 Å². The second-order valence-corrected chi connectivity index (χ2v) is 6.06. The van der Waals surface area contributed by atoms with Crippen LogP contribution < -0.4 is 4.72 Å². The second-order valence-electron chi connectivity index (χ2n) is 4.50. The van der Waals surface area contributed by atoms with Crippen LogP contribution in [0.2, 0.25) is 0 Å². The van der Waals surface area contributed by atoms with Crippen molar-refractivity contribution in [3.05, 3.63) is 71.1 Å². The molecule has 4 nitrogen and oxygen atoms in total. The van der Waals surface area contributed by atoms with Gasteiger partial charge in [-0.1, -0.05) is 42.5 Å². The van der Waals surface area contributed by atoms with Crippen LogP contribution >= 0.6 is 0 Å². The van der Waals surface area contributed by atoms with Crippen LogP contribution in [0.5, 0.6) is 0 Å². The molecule has 0 fully saturated rings. The zero-order valence-electron chi connectivity index (χ0n) is 11.5. The molecule has 0 saturated carbocycles. The van der Waals surface area contributed by atoms with Crippen molar-refractivity contribution in [1.82, 2.24) is 0 Å².